The van der Waals surface area contributed by atoms with E-state index >= 15 is 0 Å². The number of aryl methyl sites for hydroxylation is 1. The number of aromatic nitrogens is 1. The highest BCUT2D eigenvalue weighted by molar-refractivity contribution is 6.32. The number of hydrogen-bond acceptors (Lipinski definition) is 5. The van der Waals surface area contributed by atoms with Gasteiger partial charge >= 0.3 is 0 Å². The molecule has 0 N–H and O–H groups in total. The maximum absolute atomic E-state index is 13.7. The standard InChI is InChI=1S/C26H21ClN2O4/c1-3-32-18-8-4-7-17(11-18)23-22-24(30)19-12-20(27)15(2)10-21(19)33-25(22)26(31)29(23)14-16-6-5-9-28-13-16/h4-13,23H,3,14H2,1-2H3/t23-/m0/s1. The van der Waals surface area contributed by atoms with Crippen molar-refractivity contribution in [2.24, 2.45) is 0 Å². The molecule has 0 aliphatic carbocycles. The molecule has 0 spiro atoms. The van der Waals surface area contributed by atoms with E-state index < -0.39 is 6.04 Å². The van der Waals surface area contributed by atoms with Gasteiger partial charge in [-0.3, -0.25) is 14.6 Å². The molecule has 0 saturated heterocycles. The van der Waals surface area contributed by atoms with Gasteiger partial charge in [-0.15, -0.1) is 0 Å². The number of hydrogen-bond donors (Lipinski definition) is 0. The van der Waals surface area contributed by atoms with Crippen LogP contribution < -0.4 is 10.2 Å². The van der Waals surface area contributed by atoms with Crippen molar-refractivity contribution in [1.82, 2.24) is 9.88 Å². The third-order valence-corrected chi connectivity index (χ3v) is 6.21. The van der Waals surface area contributed by atoms with Gasteiger partial charge in [0.2, 0.25) is 5.76 Å². The summed E-state index contributed by atoms with van der Waals surface area (Å²) in [6.45, 7) is 4.51. The smallest absolute Gasteiger partial charge is 0.291 e. The van der Waals surface area contributed by atoms with Gasteiger partial charge in [0.1, 0.15) is 11.3 Å². The van der Waals surface area contributed by atoms with Crippen LogP contribution in [0.1, 0.15) is 45.8 Å². The molecule has 1 atom stereocenters. The molecule has 1 aliphatic rings. The monoisotopic (exact) mass is 460 g/mol. The first-order valence-corrected chi connectivity index (χ1v) is 11.0. The number of nitrogens with zero attached hydrogens (tertiary/aromatic N) is 2. The first-order valence-electron chi connectivity index (χ1n) is 10.7. The highest BCUT2D eigenvalue weighted by Gasteiger charge is 2.43. The Morgan fingerprint density at radius 1 is 1.15 bits per heavy atom. The van der Waals surface area contributed by atoms with Gasteiger partial charge in [0.15, 0.2) is 5.43 Å². The van der Waals surface area contributed by atoms with Crippen LogP contribution in [0.5, 0.6) is 5.75 Å². The second-order valence-electron chi connectivity index (χ2n) is 7.97. The lowest BCUT2D eigenvalue weighted by molar-refractivity contribution is 0.0714. The number of carbonyl (C=O) groups is 1. The summed E-state index contributed by atoms with van der Waals surface area (Å²) in [5, 5.41) is 0.826. The Morgan fingerprint density at radius 2 is 2.00 bits per heavy atom. The minimum atomic E-state index is -0.631. The summed E-state index contributed by atoms with van der Waals surface area (Å²) in [6, 6.07) is 13.8. The molecule has 3 heterocycles. The zero-order valence-electron chi connectivity index (χ0n) is 18.2. The SMILES string of the molecule is CCOc1cccc([C@H]2c3c(oc4cc(C)c(Cl)cc4c3=O)C(=O)N2Cc2cccnc2)c1. The summed E-state index contributed by atoms with van der Waals surface area (Å²) in [5.41, 5.74) is 2.78. The molecule has 0 unspecified atom stereocenters. The summed E-state index contributed by atoms with van der Waals surface area (Å²) < 4.78 is 11.7. The van der Waals surface area contributed by atoms with Crippen molar-refractivity contribution in [1.29, 1.82) is 0 Å². The minimum Gasteiger partial charge on any atom is -0.494 e. The van der Waals surface area contributed by atoms with E-state index in [2.05, 4.69) is 4.98 Å². The van der Waals surface area contributed by atoms with E-state index in [9.17, 15) is 9.59 Å². The third-order valence-electron chi connectivity index (χ3n) is 5.81. The van der Waals surface area contributed by atoms with Crippen molar-refractivity contribution in [3.63, 3.8) is 0 Å². The van der Waals surface area contributed by atoms with E-state index in [-0.39, 0.29) is 23.6 Å². The van der Waals surface area contributed by atoms with Gasteiger partial charge in [-0.05, 0) is 60.9 Å². The van der Waals surface area contributed by atoms with Gasteiger partial charge in [0.05, 0.1) is 23.6 Å². The van der Waals surface area contributed by atoms with Crippen molar-refractivity contribution in [3.8, 4) is 5.75 Å². The van der Waals surface area contributed by atoms with Crippen LogP contribution in [0.2, 0.25) is 5.02 Å². The average Bonchev–Trinajstić information content (AvgIpc) is 3.08. The van der Waals surface area contributed by atoms with Gasteiger partial charge in [0.25, 0.3) is 5.91 Å². The Balaban J connectivity index is 1.74. The molecular formula is C26H21ClN2O4. The van der Waals surface area contributed by atoms with Gasteiger partial charge in [0, 0.05) is 24.0 Å². The molecule has 5 rings (SSSR count). The summed E-state index contributed by atoms with van der Waals surface area (Å²) in [5.74, 6) is 0.387. The van der Waals surface area contributed by atoms with Crippen LogP contribution in [-0.4, -0.2) is 22.4 Å². The molecule has 2 aromatic heterocycles. The second kappa shape index (κ2) is 8.37. The molecule has 1 aliphatic heterocycles. The maximum atomic E-state index is 13.7. The number of benzene rings is 2. The highest BCUT2D eigenvalue weighted by Crippen LogP contribution is 2.40. The molecular weight excluding hydrogens is 440 g/mol. The molecule has 6 nitrogen and oxygen atoms in total. The van der Waals surface area contributed by atoms with Crippen molar-refractivity contribution >= 4 is 28.5 Å². The fourth-order valence-corrected chi connectivity index (χ4v) is 4.44. The molecule has 4 aromatic rings. The molecule has 7 heteroatoms. The first kappa shape index (κ1) is 21.2. The number of rotatable bonds is 5. The van der Waals surface area contributed by atoms with Crippen molar-refractivity contribution in [2.75, 3.05) is 6.61 Å². The summed E-state index contributed by atoms with van der Waals surface area (Å²) in [4.78, 5) is 33.0. The number of amides is 1. The highest BCUT2D eigenvalue weighted by atomic mass is 35.5. The summed E-state index contributed by atoms with van der Waals surface area (Å²) in [7, 11) is 0. The zero-order valence-corrected chi connectivity index (χ0v) is 18.9. The normalized spacial score (nSPS) is 15.2. The van der Waals surface area contributed by atoms with Crippen LogP contribution >= 0.6 is 11.6 Å². The Bertz CT molecular complexity index is 1430. The number of carbonyl (C=O) groups excluding carboxylic acids is 1. The summed E-state index contributed by atoms with van der Waals surface area (Å²) >= 11 is 6.30. The quantitative estimate of drug-likeness (QED) is 0.404. The van der Waals surface area contributed by atoms with Crippen LogP contribution in [0.3, 0.4) is 0 Å². The van der Waals surface area contributed by atoms with E-state index in [1.54, 1.807) is 29.4 Å². The van der Waals surface area contributed by atoms with Crippen LogP contribution in [0.4, 0.5) is 0 Å². The molecule has 0 radical (unpaired) electrons. The molecule has 1 amide bonds. The van der Waals surface area contributed by atoms with E-state index in [0.717, 1.165) is 16.7 Å². The number of pyridine rings is 1. The number of ether oxygens (including phenoxy) is 1. The summed E-state index contributed by atoms with van der Waals surface area (Å²) in [6.07, 6.45) is 3.38. The third kappa shape index (κ3) is 3.66. The Hall–Kier alpha value is -3.64. The van der Waals surface area contributed by atoms with Crippen molar-refractivity contribution in [3.05, 3.63) is 104 Å². The van der Waals surface area contributed by atoms with Crippen LogP contribution in [0, 0.1) is 6.92 Å². The van der Waals surface area contributed by atoms with Gasteiger partial charge < -0.3 is 14.1 Å². The predicted octanol–water partition coefficient (Wildman–Crippen LogP) is 5.29. The molecule has 0 saturated carbocycles. The Kier molecular flexibility index (Phi) is 5.38. The molecule has 0 bridgehead atoms. The fraction of sp³-hybridized carbons (Fsp3) is 0.192. The lowest BCUT2D eigenvalue weighted by Crippen LogP contribution is -2.29. The van der Waals surface area contributed by atoms with Gasteiger partial charge in [-0.25, -0.2) is 0 Å². The Morgan fingerprint density at radius 3 is 2.76 bits per heavy atom. The van der Waals surface area contributed by atoms with E-state index in [4.69, 9.17) is 20.8 Å². The van der Waals surface area contributed by atoms with Crippen LogP contribution in [0.25, 0.3) is 11.0 Å². The van der Waals surface area contributed by atoms with Gasteiger partial charge in [-0.1, -0.05) is 29.8 Å². The topological polar surface area (TPSA) is 72.6 Å². The molecule has 166 valence electrons. The predicted molar refractivity (Wildman–Crippen MR) is 126 cm³/mol. The second-order valence-corrected chi connectivity index (χ2v) is 8.38. The molecule has 0 fully saturated rings. The van der Waals surface area contributed by atoms with Crippen LogP contribution in [0.15, 0.2) is 70.1 Å². The van der Waals surface area contributed by atoms with Gasteiger partial charge in [-0.2, -0.15) is 0 Å². The largest absolute Gasteiger partial charge is 0.494 e. The lowest BCUT2D eigenvalue weighted by atomic mass is 9.98. The molecule has 33 heavy (non-hydrogen) atoms. The Labute approximate surface area is 195 Å². The van der Waals surface area contributed by atoms with Crippen molar-refractivity contribution < 1.29 is 13.9 Å². The maximum Gasteiger partial charge on any atom is 0.291 e. The van der Waals surface area contributed by atoms with E-state index in [1.165, 1.54) is 0 Å². The number of halogens is 1. The van der Waals surface area contributed by atoms with E-state index in [1.807, 2.05) is 50.2 Å². The van der Waals surface area contributed by atoms with Crippen LogP contribution in [-0.2, 0) is 6.54 Å². The number of fused-ring (bicyclic) bond motifs is 2. The van der Waals surface area contributed by atoms with Crippen molar-refractivity contribution in [2.45, 2.75) is 26.4 Å². The first-order chi connectivity index (χ1) is 16.0. The fourth-order valence-electron chi connectivity index (χ4n) is 4.28. The minimum absolute atomic E-state index is 0.0601. The van der Waals surface area contributed by atoms with E-state index in [0.29, 0.717) is 33.9 Å². The lowest BCUT2D eigenvalue weighted by Gasteiger charge is -2.25. The average molecular weight is 461 g/mol. The zero-order chi connectivity index (χ0) is 23.1. The molecule has 2 aromatic carbocycles.